The molecule has 0 aliphatic heterocycles. The Hall–Kier alpha value is -0.390. The maximum atomic E-state index is 6.30. The van der Waals surface area contributed by atoms with Crippen LogP contribution >= 0.6 is 33.9 Å². The maximum absolute atomic E-state index is 6.30. The number of rotatable bonds is 2. The first-order valence-corrected chi connectivity index (χ1v) is 7.11. The number of thiophene rings is 1. The predicted octanol–water partition coefficient (Wildman–Crippen LogP) is 4.02. The fraction of sp³-hybridized carbons (Fsp3) is 0.231. The highest BCUT2D eigenvalue weighted by atomic mass is 127. The molecule has 0 bridgehead atoms. The van der Waals surface area contributed by atoms with Crippen LogP contribution in [-0.2, 0) is 0 Å². The highest BCUT2D eigenvalue weighted by Crippen LogP contribution is 2.28. The molecule has 84 valence electrons. The first-order valence-electron chi connectivity index (χ1n) is 5.15. The van der Waals surface area contributed by atoms with Crippen LogP contribution in [0.3, 0.4) is 0 Å². The molecule has 0 saturated carbocycles. The van der Waals surface area contributed by atoms with E-state index in [1.807, 2.05) is 0 Å². The number of hydrogen-bond donors (Lipinski definition) is 1. The monoisotopic (exact) mass is 343 g/mol. The lowest BCUT2D eigenvalue weighted by atomic mass is 10.0. The van der Waals surface area contributed by atoms with Crippen molar-refractivity contribution in [1.29, 1.82) is 0 Å². The lowest BCUT2D eigenvalue weighted by molar-refractivity contribution is 0.867. The molecule has 0 aliphatic rings. The van der Waals surface area contributed by atoms with Crippen molar-refractivity contribution in [1.82, 2.24) is 0 Å². The fourth-order valence-electron chi connectivity index (χ4n) is 1.72. The third-order valence-corrected chi connectivity index (χ3v) is 5.02. The van der Waals surface area contributed by atoms with Crippen LogP contribution in [0.15, 0.2) is 29.6 Å². The highest BCUT2D eigenvalue weighted by molar-refractivity contribution is 14.1. The summed E-state index contributed by atoms with van der Waals surface area (Å²) in [5.74, 6) is 0. The van der Waals surface area contributed by atoms with Crippen molar-refractivity contribution in [3.8, 4) is 0 Å². The second-order valence-electron chi connectivity index (χ2n) is 3.95. The van der Waals surface area contributed by atoms with Crippen molar-refractivity contribution < 1.29 is 0 Å². The van der Waals surface area contributed by atoms with Gasteiger partial charge in [-0.2, -0.15) is 0 Å². The minimum Gasteiger partial charge on any atom is -0.320 e. The van der Waals surface area contributed by atoms with Crippen molar-refractivity contribution in [2.24, 2.45) is 5.73 Å². The van der Waals surface area contributed by atoms with E-state index >= 15 is 0 Å². The molecule has 1 heterocycles. The molecule has 0 fully saturated rings. The van der Waals surface area contributed by atoms with Crippen molar-refractivity contribution in [3.05, 3.63) is 54.8 Å². The van der Waals surface area contributed by atoms with Gasteiger partial charge in [-0.25, -0.2) is 0 Å². The molecule has 0 spiro atoms. The summed E-state index contributed by atoms with van der Waals surface area (Å²) >= 11 is 4.13. The maximum Gasteiger partial charge on any atom is 0.0570 e. The van der Waals surface area contributed by atoms with Gasteiger partial charge < -0.3 is 5.73 Å². The molecule has 2 N–H and O–H groups in total. The summed E-state index contributed by atoms with van der Waals surface area (Å²) < 4.78 is 1.27. The van der Waals surface area contributed by atoms with Gasteiger partial charge in [-0.3, -0.25) is 0 Å². The van der Waals surface area contributed by atoms with Crippen LogP contribution in [0.5, 0.6) is 0 Å². The summed E-state index contributed by atoms with van der Waals surface area (Å²) in [6, 6.07) is 8.49. The average Bonchev–Trinajstić information content (AvgIpc) is 2.68. The summed E-state index contributed by atoms with van der Waals surface area (Å²) in [7, 11) is 0. The summed E-state index contributed by atoms with van der Waals surface area (Å²) in [4.78, 5) is 1.31. The lowest BCUT2D eigenvalue weighted by Crippen LogP contribution is -2.12. The van der Waals surface area contributed by atoms with Crippen molar-refractivity contribution in [2.45, 2.75) is 19.9 Å². The normalized spacial score (nSPS) is 12.8. The molecule has 1 aromatic carbocycles. The summed E-state index contributed by atoms with van der Waals surface area (Å²) in [6.07, 6.45) is 0. The molecule has 1 atom stereocenters. The molecule has 2 rings (SSSR count). The molecule has 0 aliphatic carbocycles. The van der Waals surface area contributed by atoms with Crippen LogP contribution in [0, 0.1) is 17.4 Å². The van der Waals surface area contributed by atoms with Gasteiger partial charge >= 0.3 is 0 Å². The van der Waals surface area contributed by atoms with E-state index in [0.29, 0.717) is 0 Å². The van der Waals surface area contributed by atoms with Gasteiger partial charge in [0.05, 0.1) is 6.04 Å². The van der Waals surface area contributed by atoms with Gasteiger partial charge in [0.2, 0.25) is 0 Å². The number of hydrogen-bond acceptors (Lipinski definition) is 2. The van der Waals surface area contributed by atoms with Gasteiger partial charge in [-0.05, 0) is 64.6 Å². The first-order chi connectivity index (χ1) is 7.59. The van der Waals surface area contributed by atoms with E-state index in [1.165, 1.54) is 25.1 Å². The van der Waals surface area contributed by atoms with E-state index in [2.05, 4.69) is 66.1 Å². The zero-order valence-corrected chi connectivity index (χ0v) is 12.3. The Kier molecular flexibility index (Phi) is 3.66. The van der Waals surface area contributed by atoms with Crippen molar-refractivity contribution in [2.75, 3.05) is 0 Å². The van der Waals surface area contributed by atoms with Crippen LogP contribution in [0.4, 0.5) is 0 Å². The van der Waals surface area contributed by atoms with Crippen LogP contribution in [0.25, 0.3) is 0 Å². The smallest absolute Gasteiger partial charge is 0.0570 e. The average molecular weight is 343 g/mol. The zero-order valence-electron chi connectivity index (χ0n) is 9.33. The Labute approximate surface area is 114 Å². The Balaban J connectivity index is 2.41. The van der Waals surface area contributed by atoms with Gasteiger partial charge in [0.15, 0.2) is 0 Å². The third kappa shape index (κ3) is 2.31. The molecular weight excluding hydrogens is 329 g/mol. The second kappa shape index (κ2) is 4.85. The van der Waals surface area contributed by atoms with Gasteiger partial charge in [0.25, 0.3) is 0 Å². The third-order valence-electron chi connectivity index (χ3n) is 2.67. The van der Waals surface area contributed by atoms with Gasteiger partial charge in [0, 0.05) is 8.45 Å². The fourth-order valence-corrected chi connectivity index (χ4v) is 3.15. The van der Waals surface area contributed by atoms with E-state index in [-0.39, 0.29) is 6.04 Å². The molecule has 0 saturated heterocycles. The second-order valence-corrected chi connectivity index (χ2v) is 6.14. The van der Waals surface area contributed by atoms with Gasteiger partial charge in [0.1, 0.15) is 0 Å². The molecule has 1 unspecified atom stereocenters. The molecular formula is C13H14INS. The number of nitrogens with two attached hydrogens (primary N) is 1. The Morgan fingerprint density at radius 3 is 2.69 bits per heavy atom. The van der Waals surface area contributed by atoms with E-state index in [4.69, 9.17) is 5.73 Å². The van der Waals surface area contributed by atoms with E-state index in [9.17, 15) is 0 Å². The minimum absolute atomic E-state index is 0.00301. The molecule has 16 heavy (non-hydrogen) atoms. The van der Waals surface area contributed by atoms with Crippen LogP contribution in [0.1, 0.15) is 27.6 Å². The Morgan fingerprint density at radius 1 is 1.31 bits per heavy atom. The SMILES string of the molecule is Cc1cc(C(N)c2cccc(C)c2I)cs1. The molecule has 1 nitrogen and oxygen atoms in total. The first kappa shape index (κ1) is 12.1. The largest absolute Gasteiger partial charge is 0.320 e. The van der Waals surface area contributed by atoms with Crippen molar-refractivity contribution >= 4 is 33.9 Å². The van der Waals surface area contributed by atoms with E-state index in [0.717, 1.165) is 0 Å². The molecule has 1 aromatic heterocycles. The lowest BCUT2D eigenvalue weighted by Gasteiger charge is -2.14. The zero-order chi connectivity index (χ0) is 11.7. The predicted molar refractivity (Wildman–Crippen MR) is 79.0 cm³/mol. The number of halogens is 1. The Morgan fingerprint density at radius 2 is 2.06 bits per heavy atom. The van der Waals surface area contributed by atoms with Gasteiger partial charge in [-0.1, -0.05) is 18.2 Å². The summed E-state index contributed by atoms with van der Waals surface area (Å²) in [5, 5.41) is 2.15. The molecule has 0 radical (unpaired) electrons. The number of benzene rings is 1. The van der Waals surface area contributed by atoms with Gasteiger partial charge in [-0.15, -0.1) is 11.3 Å². The standard InChI is InChI=1S/C13H14INS/c1-8-4-3-5-11(12(8)14)13(15)10-6-9(2)16-7-10/h3-7,13H,15H2,1-2H3. The molecule has 2 aromatic rings. The van der Waals surface area contributed by atoms with Crippen LogP contribution in [0.2, 0.25) is 0 Å². The quantitative estimate of drug-likeness (QED) is 0.819. The highest BCUT2D eigenvalue weighted by Gasteiger charge is 2.13. The van der Waals surface area contributed by atoms with E-state index in [1.54, 1.807) is 11.3 Å². The van der Waals surface area contributed by atoms with Crippen molar-refractivity contribution in [3.63, 3.8) is 0 Å². The molecule has 3 heteroatoms. The van der Waals surface area contributed by atoms with Crippen LogP contribution < -0.4 is 5.73 Å². The molecule has 0 amide bonds. The minimum atomic E-state index is -0.00301. The van der Waals surface area contributed by atoms with E-state index < -0.39 is 0 Å². The summed E-state index contributed by atoms with van der Waals surface area (Å²) in [6.45, 7) is 4.24. The summed E-state index contributed by atoms with van der Waals surface area (Å²) in [5.41, 5.74) is 10.0. The Bertz CT molecular complexity index is 504. The van der Waals surface area contributed by atoms with Crippen LogP contribution in [-0.4, -0.2) is 0 Å². The number of aryl methyl sites for hydroxylation is 2. The topological polar surface area (TPSA) is 26.0 Å².